The molecule has 2 rings (SSSR count). The molecule has 0 bridgehead atoms. The quantitative estimate of drug-likeness (QED) is 0.743. The van der Waals surface area contributed by atoms with Crippen molar-refractivity contribution in [3.05, 3.63) is 23.3 Å². The molecule has 2 aliphatic rings. The summed E-state index contributed by atoms with van der Waals surface area (Å²) in [6.07, 6.45) is 8.64. The van der Waals surface area contributed by atoms with Gasteiger partial charge in [-0.1, -0.05) is 17.7 Å². The Kier molecular flexibility index (Phi) is 8.10. The van der Waals surface area contributed by atoms with Gasteiger partial charge < -0.3 is 24.4 Å². The molecule has 1 unspecified atom stereocenters. The van der Waals surface area contributed by atoms with Crippen LogP contribution in [0.3, 0.4) is 0 Å². The van der Waals surface area contributed by atoms with Crippen LogP contribution in [0.25, 0.3) is 0 Å². The van der Waals surface area contributed by atoms with Crippen molar-refractivity contribution in [2.45, 2.75) is 83.4 Å². The van der Waals surface area contributed by atoms with Gasteiger partial charge in [-0.3, -0.25) is 0 Å². The van der Waals surface area contributed by atoms with E-state index in [0.717, 1.165) is 44.3 Å². The van der Waals surface area contributed by atoms with Gasteiger partial charge in [0, 0.05) is 6.61 Å². The molecular formula is C20H34O5. The van der Waals surface area contributed by atoms with Crippen molar-refractivity contribution >= 4 is 0 Å². The number of hydrogen-bond donors (Lipinski definition) is 2. The van der Waals surface area contributed by atoms with Crippen LogP contribution in [0.2, 0.25) is 0 Å². The van der Waals surface area contributed by atoms with Crippen LogP contribution in [0.4, 0.5) is 0 Å². The molecule has 0 aromatic rings. The van der Waals surface area contributed by atoms with Gasteiger partial charge in [0.05, 0.1) is 24.9 Å². The lowest BCUT2D eigenvalue weighted by atomic mass is 9.93. The van der Waals surface area contributed by atoms with Crippen molar-refractivity contribution in [2.24, 2.45) is 0 Å². The molecule has 2 heterocycles. The molecule has 5 heteroatoms. The molecule has 2 aliphatic heterocycles. The van der Waals surface area contributed by atoms with Crippen molar-refractivity contribution in [3.8, 4) is 0 Å². The Hall–Kier alpha value is -0.720. The molecule has 0 aromatic heterocycles. The lowest BCUT2D eigenvalue weighted by Gasteiger charge is -2.33. The highest BCUT2D eigenvalue weighted by Gasteiger charge is 2.34. The average molecular weight is 354 g/mol. The largest absolute Gasteiger partial charge is 0.394 e. The monoisotopic (exact) mass is 354 g/mol. The SMILES string of the molecule is C/C1=C/CC[C@@](C)(O)[C@@H](CO)O[C@@H](/C=C(\C)COC2CCCCO2)C1. The number of allylic oxidation sites excluding steroid dienone is 1. The molecule has 0 radical (unpaired) electrons. The highest BCUT2D eigenvalue weighted by atomic mass is 16.7. The second-order valence-corrected chi connectivity index (χ2v) is 7.62. The molecule has 0 aromatic carbocycles. The van der Waals surface area contributed by atoms with Crippen molar-refractivity contribution in [1.82, 2.24) is 0 Å². The van der Waals surface area contributed by atoms with Crippen LogP contribution in [0, 0.1) is 0 Å². The van der Waals surface area contributed by atoms with E-state index in [0.29, 0.717) is 13.0 Å². The van der Waals surface area contributed by atoms with Gasteiger partial charge in [-0.15, -0.1) is 0 Å². The lowest BCUT2D eigenvalue weighted by Crippen LogP contribution is -2.45. The molecule has 4 atom stereocenters. The smallest absolute Gasteiger partial charge is 0.158 e. The van der Waals surface area contributed by atoms with E-state index < -0.39 is 11.7 Å². The van der Waals surface area contributed by atoms with E-state index in [9.17, 15) is 10.2 Å². The summed E-state index contributed by atoms with van der Waals surface area (Å²) in [5.41, 5.74) is 1.27. The Morgan fingerprint density at radius 1 is 1.44 bits per heavy atom. The van der Waals surface area contributed by atoms with E-state index in [1.54, 1.807) is 6.92 Å². The molecular weight excluding hydrogens is 320 g/mol. The molecule has 0 saturated carbocycles. The van der Waals surface area contributed by atoms with Gasteiger partial charge in [-0.05, 0) is 64.9 Å². The molecule has 0 spiro atoms. The van der Waals surface area contributed by atoms with Gasteiger partial charge in [-0.25, -0.2) is 0 Å². The second kappa shape index (κ2) is 9.83. The minimum atomic E-state index is -1.04. The summed E-state index contributed by atoms with van der Waals surface area (Å²) in [6.45, 7) is 6.93. The van der Waals surface area contributed by atoms with E-state index in [1.165, 1.54) is 5.57 Å². The third-order valence-electron chi connectivity index (χ3n) is 4.97. The van der Waals surface area contributed by atoms with Crippen LogP contribution in [0.5, 0.6) is 0 Å². The Morgan fingerprint density at radius 3 is 2.92 bits per heavy atom. The summed E-state index contributed by atoms with van der Waals surface area (Å²) in [5.74, 6) is 0. The summed E-state index contributed by atoms with van der Waals surface area (Å²) in [6, 6.07) is 0. The predicted octanol–water partition coefficient (Wildman–Crippen LogP) is 3.10. The first-order valence-electron chi connectivity index (χ1n) is 9.45. The average Bonchev–Trinajstić information content (AvgIpc) is 2.62. The Labute approximate surface area is 151 Å². The van der Waals surface area contributed by atoms with E-state index in [4.69, 9.17) is 14.2 Å². The minimum Gasteiger partial charge on any atom is -0.394 e. The number of ether oxygens (including phenoxy) is 3. The third-order valence-corrected chi connectivity index (χ3v) is 4.97. The minimum absolute atomic E-state index is 0.105. The van der Waals surface area contributed by atoms with Crippen molar-refractivity contribution in [3.63, 3.8) is 0 Å². The second-order valence-electron chi connectivity index (χ2n) is 7.62. The summed E-state index contributed by atoms with van der Waals surface area (Å²) < 4.78 is 17.5. The number of hydrogen-bond acceptors (Lipinski definition) is 5. The summed E-state index contributed by atoms with van der Waals surface area (Å²) >= 11 is 0. The van der Waals surface area contributed by atoms with Gasteiger partial charge in [-0.2, -0.15) is 0 Å². The lowest BCUT2D eigenvalue weighted by molar-refractivity contribution is -0.157. The summed E-state index contributed by atoms with van der Waals surface area (Å²) in [7, 11) is 0. The predicted molar refractivity (Wildman–Crippen MR) is 97.3 cm³/mol. The highest BCUT2D eigenvalue weighted by molar-refractivity contribution is 5.10. The van der Waals surface area contributed by atoms with Gasteiger partial charge >= 0.3 is 0 Å². The van der Waals surface area contributed by atoms with Crippen LogP contribution in [0.1, 0.15) is 59.3 Å². The molecule has 0 aliphatic carbocycles. The summed E-state index contributed by atoms with van der Waals surface area (Å²) in [4.78, 5) is 0. The Morgan fingerprint density at radius 2 is 2.24 bits per heavy atom. The fourth-order valence-electron chi connectivity index (χ4n) is 3.35. The fraction of sp³-hybridized carbons (Fsp3) is 0.800. The van der Waals surface area contributed by atoms with Crippen LogP contribution in [0.15, 0.2) is 23.3 Å². The van der Waals surface area contributed by atoms with Crippen molar-refractivity contribution < 1.29 is 24.4 Å². The topological polar surface area (TPSA) is 68.2 Å². The fourth-order valence-corrected chi connectivity index (χ4v) is 3.35. The molecule has 1 fully saturated rings. The maximum absolute atomic E-state index is 10.6. The molecule has 1 saturated heterocycles. The normalized spacial score (nSPS) is 37.6. The maximum atomic E-state index is 10.6. The molecule has 2 N–H and O–H groups in total. The van der Waals surface area contributed by atoms with Crippen molar-refractivity contribution in [2.75, 3.05) is 19.8 Å². The molecule has 5 nitrogen and oxygen atoms in total. The molecule has 144 valence electrons. The van der Waals surface area contributed by atoms with Gasteiger partial charge in [0.15, 0.2) is 6.29 Å². The molecule has 25 heavy (non-hydrogen) atoms. The zero-order valence-corrected chi connectivity index (χ0v) is 15.9. The number of aliphatic hydroxyl groups is 2. The van der Waals surface area contributed by atoms with E-state index in [1.807, 2.05) is 13.0 Å². The highest BCUT2D eigenvalue weighted by Crippen LogP contribution is 2.26. The standard InChI is InChI=1S/C20H34O5/c1-15-7-6-9-20(3,22)18(13-21)25-17(11-15)12-16(2)14-24-19-8-4-5-10-23-19/h7,12,17-19,21-22H,4-6,8-11,13-14H2,1-3H3/b15-7-,16-12+/t17-,18-,19?,20-/m1/s1. The van der Waals surface area contributed by atoms with Crippen LogP contribution in [-0.2, 0) is 14.2 Å². The maximum Gasteiger partial charge on any atom is 0.158 e. The van der Waals surface area contributed by atoms with E-state index in [-0.39, 0.29) is 19.0 Å². The van der Waals surface area contributed by atoms with Gasteiger partial charge in [0.1, 0.15) is 6.10 Å². The van der Waals surface area contributed by atoms with E-state index >= 15 is 0 Å². The zero-order valence-electron chi connectivity index (χ0n) is 15.9. The third kappa shape index (κ3) is 6.83. The van der Waals surface area contributed by atoms with E-state index in [2.05, 4.69) is 13.0 Å². The first-order chi connectivity index (χ1) is 11.9. The Bertz CT molecular complexity index is 463. The van der Waals surface area contributed by atoms with Crippen molar-refractivity contribution in [1.29, 1.82) is 0 Å². The van der Waals surface area contributed by atoms with Gasteiger partial charge in [0.25, 0.3) is 0 Å². The van der Waals surface area contributed by atoms with Gasteiger partial charge in [0.2, 0.25) is 0 Å². The number of aliphatic hydroxyl groups excluding tert-OH is 1. The van der Waals surface area contributed by atoms with Crippen LogP contribution in [-0.4, -0.2) is 54.1 Å². The Balaban J connectivity index is 1.99. The first-order valence-corrected chi connectivity index (χ1v) is 9.45. The van der Waals surface area contributed by atoms with Crippen LogP contribution >= 0.6 is 0 Å². The number of rotatable bonds is 5. The first kappa shape index (κ1) is 20.6. The molecule has 0 amide bonds. The van der Waals surface area contributed by atoms with Crippen LogP contribution < -0.4 is 0 Å². The summed E-state index contributed by atoms with van der Waals surface area (Å²) in [5, 5.41) is 20.3. The zero-order chi connectivity index (χ0) is 18.3.